The topological polar surface area (TPSA) is 85.8 Å². The fourth-order valence-electron chi connectivity index (χ4n) is 5.56. The van der Waals surface area contributed by atoms with E-state index in [4.69, 9.17) is 4.98 Å². The summed E-state index contributed by atoms with van der Waals surface area (Å²) in [5.41, 5.74) is 4.08. The van der Waals surface area contributed by atoms with Gasteiger partial charge in [0.15, 0.2) is 5.13 Å². The number of piperazine rings is 1. The summed E-state index contributed by atoms with van der Waals surface area (Å²) in [6.45, 7) is 9.25. The van der Waals surface area contributed by atoms with Gasteiger partial charge in [-0.25, -0.2) is 13.4 Å². The second-order valence-electron chi connectivity index (χ2n) is 10.8. The number of nitrogens with one attached hydrogen (secondary N) is 1. The number of benzene rings is 2. The Labute approximate surface area is 236 Å². The van der Waals surface area contributed by atoms with Crippen LogP contribution in [0.1, 0.15) is 53.6 Å². The molecule has 1 amide bonds. The quantitative estimate of drug-likeness (QED) is 0.432. The molecule has 5 rings (SSSR count). The second kappa shape index (κ2) is 11.9. The molecule has 2 aliphatic rings. The number of anilines is 1. The van der Waals surface area contributed by atoms with Gasteiger partial charge in [0.05, 0.1) is 15.1 Å². The number of aromatic nitrogens is 1. The smallest absolute Gasteiger partial charge is 0.251 e. The fraction of sp³-hybridized carbons (Fsp3) is 0.517. The number of thiazole rings is 1. The van der Waals surface area contributed by atoms with Gasteiger partial charge in [-0.05, 0) is 62.1 Å². The highest BCUT2D eigenvalue weighted by Crippen LogP contribution is 2.33. The van der Waals surface area contributed by atoms with E-state index < -0.39 is 10.0 Å². The van der Waals surface area contributed by atoms with Crippen molar-refractivity contribution in [2.45, 2.75) is 56.9 Å². The number of fused-ring (bicyclic) bond motifs is 1. The highest BCUT2D eigenvalue weighted by Gasteiger charge is 2.29. The van der Waals surface area contributed by atoms with Gasteiger partial charge < -0.3 is 10.2 Å². The lowest BCUT2D eigenvalue weighted by atomic mass is 9.96. The van der Waals surface area contributed by atoms with Gasteiger partial charge in [-0.2, -0.15) is 4.31 Å². The lowest BCUT2D eigenvalue weighted by molar-refractivity contribution is 0.0947. The number of carbonyl (C=O) groups is 1. The van der Waals surface area contributed by atoms with Crippen LogP contribution in [0, 0.1) is 13.8 Å². The average molecular weight is 570 g/mol. The number of hydrogen-bond acceptors (Lipinski definition) is 7. The van der Waals surface area contributed by atoms with Gasteiger partial charge in [-0.1, -0.05) is 42.7 Å². The summed E-state index contributed by atoms with van der Waals surface area (Å²) in [6.07, 6.45) is 5.14. The van der Waals surface area contributed by atoms with Crippen molar-refractivity contribution in [2.75, 3.05) is 51.2 Å². The van der Waals surface area contributed by atoms with E-state index in [1.807, 2.05) is 0 Å². The van der Waals surface area contributed by atoms with Crippen LogP contribution in [-0.4, -0.2) is 80.9 Å². The SMILES string of the molecule is Cc1ccc(C)c2sc(N3CCN(CCNC(=O)c4ccc(S(=O)(=O)N(C)C5CCCCC5)cc4)CC3)nc12. The fourth-order valence-corrected chi connectivity index (χ4v) is 8.14. The van der Waals surface area contributed by atoms with Gasteiger partial charge in [-0.3, -0.25) is 9.69 Å². The monoisotopic (exact) mass is 569 g/mol. The number of aryl methyl sites for hydroxylation is 2. The van der Waals surface area contributed by atoms with E-state index in [1.54, 1.807) is 42.6 Å². The van der Waals surface area contributed by atoms with Crippen molar-refractivity contribution >= 4 is 42.6 Å². The highest BCUT2D eigenvalue weighted by molar-refractivity contribution is 7.89. The zero-order valence-corrected chi connectivity index (χ0v) is 24.8. The van der Waals surface area contributed by atoms with E-state index in [0.29, 0.717) is 12.1 Å². The van der Waals surface area contributed by atoms with E-state index in [2.05, 4.69) is 41.1 Å². The Kier molecular flexibility index (Phi) is 8.56. The van der Waals surface area contributed by atoms with Crippen LogP contribution in [0.4, 0.5) is 5.13 Å². The largest absolute Gasteiger partial charge is 0.351 e. The molecule has 0 radical (unpaired) electrons. The molecule has 0 spiro atoms. The zero-order chi connectivity index (χ0) is 27.6. The molecule has 0 atom stereocenters. The molecule has 2 aromatic carbocycles. The first-order valence-electron chi connectivity index (χ1n) is 13.9. The summed E-state index contributed by atoms with van der Waals surface area (Å²) in [5, 5.41) is 4.08. The van der Waals surface area contributed by atoms with Crippen LogP contribution in [-0.2, 0) is 10.0 Å². The van der Waals surface area contributed by atoms with E-state index in [9.17, 15) is 13.2 Å². The van der Waals surface area contributed by atoms with Crippen LogP contribution >= 0.6 is 11.3 Å². The third-order valence-corrected chi connectivity index (χ3v) is 11.3. The maximum Gasteiger partial charge on any atom is 0.251 e. The molecule has 1 aromatic heterocycles. The predicted molar refractivity (Wildman–Crippen MR) is 158 cm³/mol. The minimum Gasteiger partial charge on any atom is -0.351 e. The second-order valence-corrected chi connectivity index (χ2v) is 13.8. The molecule has 210 valence electrons. The van der Waals surface area contributed by atoms with Crippen molar-refractivity contribution in [3.63, 3.8) is 0 Å². The molecule has 1 N–H and O–H groups in total. The Morgan fingerprint density at radius 2 is 1.67 bits per heavy atom. The van der Waals surface area contributed by atoms with Crippen LogP contribution in [0.5, 0.6) is 0 Å². The molecule has 2 heterocycles. The molecule has 8 nitrogen and oxygen atoms in total. The summed E-state index contributed by atoms with van der Waals surface area (Å²) < 4.78 is 28.9. The van der Waals surface area contributed by atoms with Crippen molar-refractivity contribution < 1.29 is 13.2 Å². The van der Waals surface area contributed by atoms with Crippen LogP contribution in [0.15, 0.2) is 41.3 Å². The standard InChI is InChI=1S/C29H39N5O3S2/c1-21-9-10-22(2)27-26(21)31-29(38-27)34-19-17-33(18-20-34)16-15-30-28(35)23-11-13-25(14-12-23)39(36,37)32(3)24-7-5-4-6-8-24/h9-14,24H,4-8,15-20H2,1-3H3,(H,30,35). The van der Waals surface area contributed by atoms with Gasteiger partial charge >= 0.3 is 0 Å². The molecular weight excluding hydrogens is 530 g/mol. The normalized spacial score (nSPS) is 17.7. The molecule has 0 bridgehead atoms. The molecule has 39 heavy (non-hydrogen) atoms. The minimum atomic E-state index is -3.56. The molecule has 3 aromatic rings. The maximum absolute atomic E-state index is 13.1. The lowest BCUT2D eigenvalue weighted by Crippen LogP contribution is -2.48. The van der Waals surface area contributed by atoms with E-state index >= 15 is 0 Å². The molecule has 2 fully saturated rings. The number of hydrogen-bond donors (Lipinski definition) is 1. The molecule has 1 aliphatic carbocycles. The molecule has 1 aliphatic heterocycles. The van der Waals surface area contributed by atoms with Crippen LogP contribution < -0.4 is 10.2 Å². The summed E-state index contributed by atoms with van der Waals surface area (Å²) in [7, 11) is -1.89. The van der Waals surface area contributed by atoms with Crippen LogP contribution in [0.25, 0.3) is 10.2 Å². The molecular formula is C29H39N5O3S2. The Morgan fingerprint density at radius 1 is 1.00 bits per heavy atom. The lowest BCUT2D eigenvalue weighted by Gasteiger charge is -2.34. The Morgan fingerprint density at radius 3 is 2.33 bits per heavy atom. The van der Waals surface area contributed by atoms with Crippen molar-refractivity contribution in [1.29, 1.82) is 0 Å². The third-order valence-electron chi connectivity index (χ3n) is 8.17. The first-order valence-corrected chi connectivity index (χ1v) is 16.2. The molecule has 10 heteroatoms. The Balaban J connectivity index is 1.09. The van der Waals surface area contributed by atoms with Crippen molar-refractivity contribution in [3.8, 4) is 0 Å². The maximum atomic E-state index is 13.1. The number of amides is 1. The number of nitrogens with zero attached hydrogens (tertiary/aromatic N) is 4. The van der Waals surface area contributed by atoms with Gasteiger partial charge in [-0.15, -0.1) is 0 Å². The van der Waals surface area contributed by atoms with E-state index in [-0.39, 0.29) is 16.8 Å². The number of sulfonamides is 1. The van der Waals surface area contributed by atoms with Crippen LogP contribution in [0.2, 0.25) is 0 Å². The first kappa shape index (κ1) is 28.0. The number of rotatable bonds is 8. The Bertz CT molecular complexity index is 1370. The summed E-state index contributed by atoms with van der Waals surface area (Å²) >= 11 is 1.78. The summed E-state index contributed by atoms with van der Waals surface area (Å²) in [5.74, 6) is -0.182. The van der Waals surface area contributed by atoms with E-state index in [1.165, 1.54) is 26.6 Å². The van der Waals surface area contributed by atoms with E-state index in [0.717, 1.165) is 69.1 Å². The van der Waals surface area contributed by atoms with Gasteiger partial charge in [0.1, 0.15) is 0 Å². The third kappa shape index (κ3) is 6.14. The van der Waals surface area contributed by atoms with Gasteiger partial charge in [0.25, 0.3) is 5.91 Å². The summed E-state index contributed by atoms with van der Waals surface area (Å²) in [6, 6.07) is 10.7. The minimum absolute atomic E-state index is 0.0585. The molecule has 1 saturated heterocycles. The molecule has 1 saturated carbocycles. The summed E-state index contributed by atoms with van der Waals surface area (Å²) in [4.78, 5) is 22.6. The van der Waals surface area contributed by atoms with Crippen molar-refractivity contribution in [1.82, 2.24) is 19.5 Å². The molecule has 0 unspecified atom stereocenters. The van der Waals surface area contributed by atoms with Gasteiger partial charge in [0, 0.05) is 57.9 Å². The highest BCUT2D eigenvalue weighted by atomic mass is 32.2. The average Bonchev–Trinajstić information content (AvgIpc) is 3.42. The van der Waals surface area contributed by atoms with Crippen molar-refractivity contribution in [3.05, 3.63) is 53.1 Å². The van der Waals surface area contributed by atoms with Crippen LogP contribution in [0.3, 0.4) is 0 Å². The van der Waals surface area contributed by atoms with Gasteiger partial charge in [0.2, 0.25) is 10.0 Å². The van der Waals surface area contributed by atoms with Crippen molar-refractivity contribution in [2.24, 2.45) is 0 Å². The number of carbonyl (C=O) groups excluding carboxylic acids is 1. The first-order chi connectivity index (χ1) is 18.7. The Hall–Kier alpha value is -2.53. The predicted octanol–water partition coefficient (Wildman–Crippen LogP) is 4.42. The zero-order valence-electron chi connectivity index (χ0n) is 23.1.